The molecule has 0 unspecified atom stereocenters. The molecule has 0 bridgehead atoms. The first-order valence-electron chi connectivity index (χ1n) is 8.96. The van der Waals surface area contributed by atoms with E-state index in [2.05, 4.69) is 29.7 Å². The average Bonchev–Trinajstić information content (AvgIpc) is 2.88. The van der Waals surface area contributed by atoms with E-state index in [0.29, 0.717) is 5.52 Å². The normalized spacial score (nSPS) is 15.2. The molecule has 0 aliphatic carbocycles. The van der Waals surface area contributed by atoms with Crippen molar-refractivity contribution < 1.29 is 4.92 Å². The van der Waals surface area contributed by atoms with Crippen molar-refractivity contribution in [2.24, 2.45) is 0 Å². The third-order valence-electron chi connectivity index (χ3n) is 4.71. The number of nitrogens with zero attached hydrogens (tertiary/aromatic N) is 6. The minimum atomic E-state index is -0.395. The van der Waals surface area contributed by atoms with Crippen LogP contribution in [0.2, 0.25) is 0 Å². The zero-order chi connectivity index (χ0) is 19.0. The number of benzene rings is 1. The number of nitro benzene ring substituents is 1. The minimum absolute atomic E-state index is 0.0618. The summed E-state index contributed by atoms with van der Waals surface area (Å²) in [6.07, 6.45) is 0.952. The molecule has 1 aliphatic rings. The van der Waals surface area contributed by atoms with E-state index in [9.17, 15) is 10.1 Å². The van der Waals surface area contributed by atoms with Gasteiger partial charge >= 0.3 is 0 Å². The number of rotatable bonds is 3. The molecule has 0 saturated carbocycles. The van der Waals surface area contributed by atoms with Gasteiger partial charge in [-0.1, -0.05) is 0 Å². The molecule has 1 aromatic carbocycles. The molecule has 3 heterocycles. The second-order valence-electron chi connectivity index (χ2n) is 6.80. The predicted octanol–water partition coefficient (Wildman–Crippen LogP) is 2.59. The van der Waals surface area contributed by atoms with Crippen molar-refractivity contribution in [2.45, 2.75) is 20.3 Å². The fourth-order valence-corrected chi connectivity index (χ4v) is 3.43. The number of anilines is 2. The van der Waals surface area contributed by atoms with Crippen LogP contribution in [0, 0.1) is 24.0 Å². The summed E-state index contributed by atoms with van der Waals surface area (Å²) < 4.78 is 0. The van der Waals surface area contributed by atoms with Gasteiger partial charge in [0.05, 0.1) is 16.0 Å². The molecule has 9 heteroatoms. The van der Waals surface area contributed by atoms with Gasteiger partial charge in [0.25, 0.3) is 5.69 Å². The topological polar surface area (TPSA) is 104 Å². The van der Waals surface area contributed by atoms with Gasteiger partial charge in [0.2, 0.25) is 11.9 Å². The van der Waals surface area contributed by atoms with Gasteiger partial charge in [-0.15, -0.1) is 0 Å². The minimum Gasteiger partial charge on any atom is -0.341 e. The average molecular weight is 367 g/mol. The van der Waals surface area contributed by atoms with Gasteiger partial charge in [-0.2, -0.15) is 0 Å². The summed E-state index contributed by atoms with van der Waals surface area (Å²) in [6.45, 7) is 7.26. The van der Waals surface area contributed by atoms with Crippen LogP contribution in [-0.2, 0) is 0 Å². The Morgan fingerprint density at radius 3 is 2.44 bits per heavy atom. The highest BCUT2D eigenvalue weighted by molar-refractivity contribution is 5.80. The number of non-ortho nitro benzene ring substituents is 1. The Hall–Kier alpha value is -3.23. The van der Waals surface area contributed by atoms with Gasteiger partial charge in [-0.25, -0.2) is 15.0 Å². The van der Waals surface area contributed by atoms with E-state index >= 15 is 0 Å². The quantitative estimate of drug-likeness (QED) is 0.560. The monoisotopic (exact) mass is 367 g/mol. The number of nitro groups is 1. The van der Waals surface area contributed by atoms with Crippen molar-refractivity contribution in [1.82, 2.24) is 19.9 Å². The van der Waals surface area contributed by atoms with Crippen LogP contribution in [0.4, 0.5) is 17.6 Å². The van der Waals surface area contributed by atoms with Crippen molar-refractivity contribution in [3.8, 4) is 0 Å². The summed E-state index contributed by atoms with van der Waals surface area (Å²) in [7, 11) is 0. The van der Waals surface area contributed by atoms with Crippen LogP contribution in [-0.4, -0.2) is 51.0 Å². The zero-order valence-corrected chi connectivity index (χ0v) is 15.3. The number of H-pyrrole nitrogens is 1. The molecule has 2 aromatic heterocycles. The summed E-state index contributed by atoms with van der Waals surface area (Å²) in [6, 6.07) is 6.66. The zero-order valence-electron chi connectivity index (χ0n) is 15.3. The molecule has 0 atom stereocenters. The van der Waals surface area contributed by atoms with Gasteiger partial charge in [0, 0.05) is 49.7 Å². The highest BCUT2D eigenvalue weighted by Gasteiger charge is 2.20. The lowest BCUT2D eigenvalue weighted by Gasteiger charge is -2.22. The van der Waals surface area contributed by atoms with E-state index in [4.69, 9.17) is 0 Å². The first kappa shape index (κ1) is 17.2. The van der Waals surface area contributed by atoms with Crippen molar-refractivity contribution in [3.05, 3.63) is 45.8 Å². The lowest BCUT2D eigenvalue weighted by molar-refractivity contribution is -0.384. The molecule has 1 saturated heterocycles. The Labute approximate surface area is 156 Å². The summed E-state index contributed by atoms with van der Waals surface area (Å²) in [4.78, 5) is 31.9. The van der Waals surface area contributed by atoms with Crippen LogP contribution >= 0.6 is 0 Å². The number of hydrogen-bond acceptors (Lipinski definition) is 7. The highest BCUT2D eigenvalue weighted by atomic mass is 16.6. The van der Waals surface area contributed by atoms with E-state index < -0.39 is 4.92 Å². The van der Waals surface area contributed by atoms with E-state index in [1.165, 1.54) is 12.1 Å². The molecule has 3 aromatic rings. The van der Waals surface area contributed by atoms with Crippen molar-refractivity contribution in [2.75, 3.05) is 36.0 Å². The number of aromatic amines is 1. The van der Waals surface area contributed by atoms with E-state index in [-0.39, 0.29) is 5.69 Å². The van der Waals surface area contributed by atoms with E-state index in [1.54, 1.807) is 6.07 Å². The first-order chi connectivity index (χ1) is 13.0. The van der Waals surface area contributed by atoms with Crippen molar-refractivity contribution in [1.29, 1.82) is 0 Å². The standard InChI is InChI=1S/C18H21N7O2/c1-12-10-13(2)20-17(19-12)23-6-3-7-24(9-8-23)18-21-15-5-4-14(25(26)27)11-16(15)22-18/h4-5,10-11H,3,6-9H2,1-2H3,(H,21,22). The molecular formula is C18H21N7O2. The maximum atomic E-state index is 11.0. The number of hydrogen-bond donors (Lipinski definition) is 1. The van der Waals surface area contributed by atoms with Gasteiger partial charge in [-0.3, -0.25) is 10.1 Å². The third-order valence-corrected chi connectivity index (χ3v) is 4.71. The second kappa shape index (κ2) is 6.82. The molecule has 0 amide bonds. The molecule has 140 valence electrons. The first-order valence-corrected chi connectivity index (χ1v) is 8.96. The SMILES string of the molecule is Cc1cc(C)nc(N2CCCN(c3nc4ccc([N+](=O)[O-])cc4[nH]3)CC2)n1. The lowest BCUT2D eigenvalue weighted by Crippen LogP contribution is -2.32. The van der Waals surface area contributed by atoms with Crippen LogP contribution in [0.5, 0.6) is 0 Å². The van der Waals surface area contributed by atoms with Gasteiger partial charge in [0.15, 0.2) is 0 Å². The fraction of sp³-hybridized carbons (Fsp3) is 0.389. The lowest BCUT2D eigenvalue weighted by atomic mass is 10.3. The maximum Gasteiger partial charge on any atom is 0.271 e. The molecule has 1 fully saturated rings. The van der Waals surface area contributed by atoms with Crippen LogP contribution in [0.25, 0.3) is 11.0 Å². The van der Waals surface area contributed by atoms with E-state index in [1.807, 2.05) is 19.9 Å². The maximum absolute atomic E-state index is 11.0. The fourth-order valence-electron chi connectivity index (χ4n) is 3.43. The molecule has 27 heavy (non-hydrogen) atoms. The largest absolute Gasteiger partial charge is 0.341 e. The second-order valence-corrected chi connectivity index (χ2v) is 6.80. The highest BCUT2D eigenvalue weighted by Crippen LogP contribution is 2.23. The molecule has 1 aliphatic heterocycles. The number of nitrogens with one attached hydrogen (secondary N) is 1. The molecular weight excluding hydrogens is 346 g/mol. The summed E-state index contributed by atoms with van der Waals surface area (Å²) >= 11 is 0. The smallest absolute Gasteiger partial charge is 0.271 e. The molecule has 0 radical (unpaired) electrons. The van der Waals surface area contributed by atoms with Crippen LogP contribution < -0.4 is 9.80 Å². The number of aryl methyl sites for hydroxylation is 2. The Kier molecular flexibility index (Phi) is 4.35. The Morgan fingerprint density at radius 1 is 1.00 bits per heavy atom. The molecule has 0 spiro atoms. The van der Waals surface area contributed by atoms with Crippen LogP contribution in [0.15, 0.2) is 24.3 Å². The van der Waals surface area contributed by atoms with Crippen molar-refractivity contribution >= 4 is 28.6 Å². The Balaban J connectivity index is 1.54. The number of aromatic nitrogens is 4. The summed E-state index contributed by atoms with van der Waals surface area (Å²) in [5.41, 5.74) is 3.41. The molecule has 4 rings (SSSR count). The summed E-state index contributed by atoms with van der Waals surface area (Å²) in [5, 5.41) is 11.0. The van der Waals surface area contributed by atoms with Gasteiger partial charge in [0.1, 0.15) is 0 Å². The van der Waals surface area contributed by atoms with Crippen LogP contribution in [0.1, 0.15) is 17.8 Å². The number of imidazole rings is 1. The predicted molar refractivity (Wildman–Crippen MR) is 103 cm³/mol. The van der Waals surface area contributed by atoms with Gasteiger partial charge in [-0.05, 0) is 32.4 Å². The third kappa shape index (κ3) is 3.53. The Bertz CT molecular complexity index is 980. The Morgan fingerprint density at radius 2 is 1.70 bits per heavy atom. The van der Waals surface area contributed by atoms with Crippen molar-refractivity contribution in [3.63, 3.8) is 0 Å². The number of fused-ring (bicyclic) bond motifs is 1. The molecule has 1 N–H and O–H groups in total. The molecule has 9 nitrogen and oxygen atoms in total. The van der Waals surface area contributed by atoms with Crippen LogP contribution in [0.3, 0.4) is 0 Å². The van der Waals surface area contributed by atoms with E-state index in [0.717, 1.165) is 61.4 Å². The van der Waals surface area contributed by atoms with Gasteiger partial charge < -0.3 is 14.8 Å². The summed E-state index contributed by atoms with van der Waals surface area (Å²) in [5.74, 6) is 1.52.